The van der Waals surface area contributed by atoms with Crippen molar-refractivity contribution in [1.82, 2.24) is 0 Å². The number of ether oxygens (including phenoxy) is 1. The Morgan fingerprint density at radius 2 is 1.91 bits per heavy atom. The van der Waals surface area contributed by atoms with Crippen molar-refractivity contribution < 1.29 is 4.74 Å². The number of benzene rings is 2. The van der Waals surface area contributed by atoms with E-state index in [-0.39, 0.29) is 5.71 Å². The van der Waals surface area contributed by atoms with Crippen molar-refractivity contribution in [2.75, 3.05) is 5.43 Å². The van der Waals surface area contributed by atoms with Gasteiger partial charge in [0.15, 0.2) is 0 Å². The maximum Gasteiger partial charge on any atom is 0.237 e. The van der Waals surface area contributed by atoms with Gasteiger partial charge in [-0.2, -0.15) is 15.6 Å². The molecular weight excluding hydrogens is 288 g/mol. The Kier molecular flexibility index (Phi) is 5.33. The first kappa shape index (κ1) is 16.1. The molecule has 0 atom stereocenters. The van der Waals surface area contributed by atoms with E-state index in [9.17, 15) is 0 Å². The molecule has 23 heavy (non-hydrogen) atoms. The van der Waals surface area contributed by atoms with Crippen LogP contribution in [0.3, 0.4) is 0 Å². The van der Waals surface area contributed by atoms with E-state index in [0.717, 1.165) is 16.9 Å². The van der Waals surface area contributed by atoms with Crippen molar-refractivity contribution >= 4 is 11.4 Å². The third-order valence-electron chi connectivity index (χ3n) is 3.16. The van der Waals surface area contributed by atoms with Crippen LogP contribution in [0.2, 0.25) is 0 Å². The summed E-state index contributed by atoms with van der Waals surface area (Å²) in [5.74, 6) is 0.850. The second kappa shape index (κ2) is 7.63. The first-order chi connectivity index (χ1) is 11.1. The molecule has 0 saturated heterocycles. The SMILES string of the molecule is Cc1ccc(OCc2cccc(NN=C(C#N)C#N)c2)c(C)c1. The highest BCUT2D eigenvalue weighted by Crippen LogP contribution is 2.20. The average Bonchev–Trinajstić information content (AvgIpc) is 2.55. The van der Waals surface area contributed by atoms with Crippen LogP contribution in [0.5, 0.6) is 5.75 Å². The molecule has 0 spiro atoms. The minimum atomic E-state index is -0.220. The number of aryl methyl sites for hydroxylation is 2. The zero-order valence-corrected chi connectivity index (χ0v) is 13.0. The molecule has 0 aromatic heterocycles. The largest absolute Gasteiger partial charge is 0.489 e. The number of nitriles is 2. The third kappa shape index (κ3) is 4.59. The zero-order valence-electron chi connectivity index (χ0n) is 13.0. The Hall–Kier alpha value is -3.31. The number of anilines is 1. The van der Waals surface area contributed by atoms with E-state index in [1.54, 1.807) is 18.2 Å². The molecule has 2 aromatic carbocycles. The van der Waals surface area contributed by atoms with Crippen LogP contribution in [0.25, 0.3) is 0 Å². The van der Waals surface area contributed by atoms with Gasteiger partial charge in [-0.05, 0) is 43.2 Å². The maximum absolute atomic E-state index is 8.65. The molecule has 5 nitrogen and oxygen atoms in total. The molecule has 0 aliphatic carbocycles. The van der Waals surface area contributed by atoms with Crippen LogP contribution in [0.15, 0.2) is 47.6 Å². The summed E-state index contributed by atoms with van der Waals surface area (Å²) in [4.78, 5) is 0. The Morgan fingerprint density at radius 1 is 1.13 bits per heavy atom. The molecule has 5 heteroatoms. The summed E-state index contributed by atoms with van der Waals surface area (Å²) in [7, 11) is 0. The van der Waals surface area contributed by atoms with E-state index in [1.165, 1.54) is 5.56 Å². The number of nitrogens with zero attached hydrogens (tertiary/aromatic N) is 3. The van der Waals surface area contributed by atoms with E-state index in [4.69, 9.17) is 15.3 Å². The molecule has 0 radical (unpaired) electrons. The Morgan fingerprint density at radius 3 is 2.61 bits per heavy atom. The number of hydrogen-bond acceptors (Lipinski definition) is 5. The lowest BCUT2D eigenvalue weighted by Gasteiger charge is -2.10. The van der Waals surface area contributed by atoms with Crippen LogP contribution in [0.4, 0.5) is 5.69 Å². The summed E-state index contributed by atoms with van der Waals surface area (Å²) in [5.41, 5.74) is 6.41. The van der Waals surface area contributed by atoms with Crippen molar-refractivity contribution in [3.63, 3.8) is 0 Å². The van der Waals surface area contributed by atoms with E-state index in [0.29, 0.717) is 12.3 Å². The van der Waals surface area contributed by atoms with Crippen molar-refractivity contribution in [3.8, 4) is 17.9 Å². The van der Waals surface area contributed by atoms with Crippen LogP contribution in [-0.2, 0) is 6.61 Å². The number of nitrogens with one attached hydrogen (secondary N) is 1. The van der Waals surface area contributed by atoms with Crippen molar-refractivity contribution in [1.29, 1.82) is 10.5 Å². The molecule has 0 bridgehead atoms. The van der Waals surface area contributed by atoms with Gasteiger partial charge >= 0.3 is 0 Å². The van der Waals surface area contributed by atoms with Gasteiger partial charge < -0.3 is 4.74 Å². The van der Waals surface area contributed by atoms with Crippen LogP contribution in [-0.4, -0.2) is 5.71 Å². The molecule has 1 N–H and O–H groups in total. The fourth-order valence-electron chi connectivity index (χ4n) is 2.05. The summed E-state index contributed by atoms with van der Waals surface area (Å²) < 4.78 is 5.83. The Balaban J connectivity index is 2.04. The van der Waals surface area contributed by atoms with E-state index in [1.807, 2.05) is 44.2 Å². The first-order valence-corrected chi connectivity index (χ1v) is 7.05. The van der Waals surface area contributed by atoms with Crippen molar-refractivity contribution in [2.24, 2.45) is 5.10 Å². The average molecular weight is 304 g/mol. The van der Waals surface area contributed by atoms with Crippen LogP contribution < -0.4 is 10.2 Å². The summed E-state index contributed by atoms with van der Waals surface area (Å²) in [5, 5.41) is 21.0. The zero-order chi connectivity index (χ0) is 16.7. The predicted molar refractivity (Wildman–Crippen MR) is 89.0 cm³/mol. The highest BCUT2D eigenvalue weighted by atomic mass is 16.5. The second-order valence-corrected chi connectivity index (χ2v) is 5.05. The highest BCUT2D eigenvalue weighted by molar-refractivity contribution is 6.10. The molecular formula is C18H16N4O. The van der Waals surface area contributed by atoms with Gasteiger partial charge in [-0.3, -0.25) is 5.43 Å². The summed E-state index contributed by atoms with van der Waals surface area (Å²) in [6.45, 7) is 4.48. The standard InChI is InChI=1S/C18H16N4O/c1-13-6-7-18(14(2)8-13)23-12-15-4-3-5-16(9-15)21-22-17(10-19)11-20/h3-9,21H,12H2,1-2H3. The lowest BCUT2D eigenvalue weighted by atomic mass is 10.1. The molecule has 2 aromatic rings. The van der Waals surface area contributed by atoms with E-state index >= 15 is 0 Å². The molecule has 0 aliphatic heterocycles. The second-order valence-electron chi connectivity index (χ2n) is 5.05. The van der Waals surface area contributed by atoms with Gasteiger partial charge in [-0.25, -0.2) is 0 Å². The minimum absolute atomic E-state index is 0.220. The smallest absolute Gasteiger partial charge is 0.237 e. The number of rotatable bonds is 5. The topological polar surface area (TPSA) is 81.2 Å². The monoisotopic (exact) mass is 304 g/mol. The maximum atomic E-state index is 8.65. The van der Waals surface area contributed by atoms with Gasteiger partial charge in [-0.1, -0.05) is 29.8 Å². The predicted octanol–water partition coefficient (Wildman–Crippen LogP) is 3.70. The van der Waals surface area contributed by atoms with Gasteiger partial charge in [-0.15, -0.1) is 0 Å². The molecule has 0 amide bonds. The van der Waals surface area contributed by atoms with E-state index in [2.05, 4.69) is 16.6 Å². The quantitative estimate of drug-likeness (QED) is 0.674. The molecule has 0 aliphatic rings. The van der Waals surface area contributed by atoms with Gasteiger partial charge in [0.25, 0.3) is 0 Å². The van der Waals surface area contributed by atoms with Gasteiger partial charge in [0.2, 0.25) is 5.71 Å². The normalized spacial score (nSPS) is 9.39. The van der Waals surface area contributed by atoms with Crippen LogP contribution in [0, 0.1) is 36.5 Å². The molecule has 2 rings (SSSR count). The summed E-state index contributed by atoms with van der Waals surface area (Å²) >= 11 is 0. The summed E-state index contributed by atoms with van der Waals surface area (Å²) in [6, 6.07) is 16.9. The number of hydrogen-bond donors (Lipinski definition) is 1. The third-order valence-corrected chi connectivity index (χ3v) is 3.16. The fraction of sp³-hybridized carbons (Fsp3) is 0.167. The molecule has 114 valence electrons. The van der Waals surface area contributed by atoms with Gasteiger partial charge in [0.1, 0.15) is 24.5 Å². The lowest BCUT2D eigenvalue weighted by molar-refractivity contribution is 0.304. The Bertz CT molecular complexity index is 797. The van der Waals surface area contributed by atoms with Crippen LogP contribution in [0.1, 0.15) is 16.7 Å². The van der Waals surface area contributed by atoms with Crippen molar-refractivity contribution in [2.45, 2.75) is 20.5 Å². The van der Waals surface area contributed by atoms with Gasteiger partial charge in [0.05, 0.1) is 5.69 Å². The van der Waals surface area contributed by atoms with Crippen LogP contribution >= 0.6 is 0 Å². The van der Waals surface area contributed by atoms with E-state index < -0.39 is 0 Å². The van der Waals surface area contributed by atoms with Crippen molar-refractivity contribution in [3.05, 3.63) is 59.2 Å². The fourth-order valence-corrected chi connectivity index (χ4v) is 2.05. The molecule has 0 fully saturated rings. The molecule has 0 heterocycles. The summed E-state index contributed by atoms with van der Waals surface area (Å²) in [6.07, 6.45) is 0. The molecule has 0 unspecified atom stereocenters. The number of hydrazone groups is 1. The first-order valence-electron chi connectivity index (χ1n) is 7.05. The Labute approximate surface area is 135 Å². The highest BCUT2D eigenvalue weighted by Gasteiger charge is 2.02. The lowest BCUT2D eigenvalue weighted by Crippen LogP contribution is -1.99. The minimum Gasteiger partial charge on any atom is -0.489 e. The molecule has 0 saturated carbocycles. The van der Waals surface area contributed by atoms with Gasteiger partial charge in [0, 0.05) is 0 Å².